The minimum absolute atomic E-state index is 0.184. The molecule has 18 heavy (non-hydrogen) atoms. The molecule has 1 heterocycles. The maximum Gasteiger partial charge on any atom is 0.418 e. The summed E-state index contributed by atoms with van der Waals surface area (Å²) >= 11 is 0. The predicted molar refractivity (Wildman–Crippen MR) is 64.0 cm³/mol. The molecule has 1 aliphatic rings. The second-order valence-corrected chi connectivity index (χ2v) is 4.30. The fourth-order valence-electron chi connectivity index (χ4n) is 2.27. The molecule has 0 spiro atoms. The number of hydrogen-bond donors (Lipinski definition) is 1. The summed E-state index contributed by atoms with van der Waals surface area (Å²) in [6.07, 6.45) is -3.80. The van der Waals surface area contributed by atoms with E-state index in [0.717, 1.165) is 17.3 Å². The Balaban J connectivity index is 2.14. The van der Waals surface area contributed by atoms with Gasteiger partial charge in [-0.1, -0.05) is 30.3 Å². The normalized spacial score (nSPS) is 13.5. The molecule has 0 saturated carbocycles. The topological polar surface area (TPSA) is 12.0 Å². The van der Waals surface area contributed by atoms with Gasteiger partial charge in [0.05, 0.1) is 11.3 Å². The highest BCUT2D eigenvalue weighted by atomic mass is 19.4. The third kappa shape index (κ3) is 1.74. The monoisotopic (exact) mass is 249 g/mol. The Morgan fingerprint density at radius 1 is 0.889 bits per heavy atom. The molecule has 4 heteroatoms. The van der Waals surface area contributed by atoms with Gasteiger partial charge in [-0.25, -0.2) is 0 Å². The Labute approximate surface area is 102 Å². The van der Waals surface area contributed by atoms with Gasteiger partial charge in [0.15, 0.2) is 0 Å². The molecule has 1 N–H and O–H groups in total. The summed E-state index contributed by atoms with van der Waals surface area (Å²) in [4.78, 5) is 0. The molecule has 0 aliphatic carbocycles. The first-order valence-corrected chi connectivity index (χ1v) is 5.60. The van der Waals surface area contributed by atoms with E-state index < -0.39 is 11.7 Å². The average molecular weight is 249 g/mol. The van der Waals surface area contributed by atoms with E-state index in [4.69, 9.17) is 0 Å². The van der Waals surface area contributed by atoms with Gasteiger partial charge in [-0.3, -0.25) is 0 Å². The molecule has 0 radical (unpaired) electrons. The van der Waals surface area contributed by atoms with Crippen molar-refractivity contribution in [2.45, 2.75) is 12.6 Å². The Morgan fingerprint density at radius 3 is 2.39 bits per heavy atom. The molecule has 2 aromatic rings. The van der Waals surface area contributed by atoms with Gasteiger partial charge < -0.3 is 5.32 Å². The van der Waals surface area contributed by atoms with Gasteiger partial charge in [0.2, 0.25) is 0 Å². The van der Waals surface area contributed by atoms with Crippen LogP contribution in [0.1, 0.15) is 16.7 Å². The SMILES string of the molecule is FC(F)(F)c1cccc2c1Nc1ccccc1C2. The van der Waals surface area contributed by atoms with Gasteiger partial charge in [0, 0.05) is 12.1 Å². The van der Waals surface area contributed by atoms with Crippen LogP contribution in [0, 0.1) is 0 Å². The maximum absolute atomic E-state index is 12.9. The van der Waals surface area contributed by atoms with Crippen molar-refractivity contribution >= 4 is 11.4 Å². The van der Waals surface area contributed by atoms with Crippen LogP contribution in [-0.2, 0) is 12.6 Å². The van der Waals surface area contributed by atoms with Crippen molar-refractivity contribution in [2.75, 3.05) is 5.32 Å². The smallest absolute Gasteiger partial charge is 0.355 e. The summed E-state index contributed by atoms with van der Waals surface area (Å²) in [5.74, 6) is 0. The Hall–Kier alpha value is -1.97. The minimum Gasteiger partial charge on any atom is -0.355 e. The van der Waals surface area contributed by atoms with Crippen molar-refractivity contribution in [1.29, 1.82) is 0 Å². The fraction of sp³-hybridized carbons (Fsp3) is 0.143. The van der Waals surface area contributed by atoms with Gasteiger partial charge in [0.1, 0.15) is 0 Å². The van der Waals surface area contributed by atoms with Gasteiger partial charge in [-0.2, -0.15) is 13.2 Å². The highest BCUT2D eigenvalue weighted by Crippen LogP contribution is 2.41. The van der Waals surface area contributed by atoms with Crippen molar-refractivity contribution in [3.63, 3.8) is 0 Å². The van der Waals surface area contributed by atoms with Crippen LogP contribution in [0.4, 0.5) is 24.5 Å². The lowest BCUT2D eigenvalue weighted by Gasteiger charge is -2.24. The van der Waals surface area contributed by atoms with E-state index in [1.165, 1.54) is 6.07 Å². The first-order chi connectivity index (χ1) is 8.55. The molecule has 92 valence electrons. The Morgan fingerprint density at radius 2 is 1.61 bits per heavy atom. The lowest BCUT2D eigenvalue weighted by atomic mass is 9.94. The molecule has 0 unspecified atom stereocenters. The number of alkyl halides is 3. The average Bonchev–Trinajstić information content (AvgIpc) is 2.34. The number of fused-ring (bicyclic) bond motifs is 2. The predicted octanol–water partition coefficient (Wildman–Crippen LogP) is 4.35. The second kappa shape index (κ2) is 3.77. The van der Waals surface area contributed by atoms with Gasteiger partial charge in [0.25, 0.3) is 0 Å². The molecule has 3 rings (SSSR count). The van der Waals surface area contributed by atoms with Crippen LogP contribution >= 0.6 is 0 Å². The molecule has 0 aromatic heterocycles. The van der Waals surface area contributed by atoms with E-state index >= 15 is 0 Å². The number of rotatable bonds is 0. The lowest BCUT2D eigenvalue weighted by Crippen LogP contribution is -2.14. The number of halogens is 3. The summed E-state index contributed by atoms with van der Waals surface area (Å²) < 4.78 is 38.7. The lowest BCUT2D eigenvalue weighted by molar-refractivity contribution is -0.137. The van der Waals surface area contributed by atoms with Crippen LogP contribution in [0.3, 0.4) is 0 Å². The van der Waals surface area contributed by atoms with Crippen molar-refractivity contribution < 1.29 is 13.2 Å². The molecule has 1 aliphatic heterocycles. The maximum atomic E-state index is 12.9. The number of benzene rings is 2. The van der Waals surface area contributed by atoms with Crippen molar-refractivity contribution in [3.8, 4) is 0 Å². The van der Waals surface area contributed by atoms with Crippen molar-refractivity contribution in [3.05, 3.63) is 59.2 Å². The van der Waals surface area contributed by atoms with Crippen LogP contribution in [0.25, 0.3) is 0 Å². The van der Waals surface area contributed by atoms with Gasteiger partial charge in [-0.15, -0.1) is 0 Å². The van der Waals surface area contributed by atoms with Crippen LogP contribution in [-0.4, -0.2) is 0 Å². The second-order valence-electron chi connectivity index (χ2n) is 4.30. The Bertz CT molecular complexity index is 602. The molecular weight excluding hydrogens is 239 g/mol. The van der Waals surface area contributed by atoms with Crippen LogP contribution in [0.5, 0.6) is 0 Å². The summed E-state index contributed by atoms with van der Waals surface area (Å²) in [6, 6.07) is 11.7. The van der Waals surface area contributed by atoms with E-state index in [2.05, 4.69) is 5.32 Å². The number of anilines is 2. The van der Waals surface area contributed by atoms with E-state index in [-0.39, 0.29) is 5.69 Å². The molecule has 0 fully saturated rings. The fourth-order valence-corrected chi connectivity index (χ4v) is 2.27. The summed E-state index contributed by atoms with van der Waals surface area (Å²) in [6.45, 7) is 0. The molecule has 0 atom stereocenters. The number of hydrogen-bond acceptors (Lipinski definition) is 1. The van der Waals surface area contributed by atoms with Crippen LogP contribution in [0.15, 0.2) is 42.5 Å². The number of para-hydroxylation sites is 2. The highest BCUT2D eigenvalue weighted by Gasteiger charge is 2.35. The highest BCUT2D eigenvalue weighted by molar-refractivity contribution is 5.74. The van der Waals surface area contributed by atoms with E-state index in [1.807, 2.05) is 18.2 Å². The molecule has 0 saturated heterocycles. The Kier molecular flexibility index (Phi) is 2.33. The zero-order chi connectivity index (χ0) is 12.8. The van der Waals surface area contributed by atoms with E-state index in [0.29, 0.717) is 12.0 Å². The van der Waals surface area contributed by atoms with Crippen LogP contribution in [0.2, 0.25) is 0 Å². The van der Waals surface area contributed by atoms with Crippen molar-refractivity contribution in [2.24, 2.45) is 0 Å². The molecule has 1 nitrogen and oxygen atoms in total. The molecule has 0 amide bonds. The standard InChI is InChI=1S/C14H10F3N/c15-14(16,17)11-6-3-5-10-8-9-4-1-2-7-12(9)18-13(10)11/h1-7,18H,8H2. The molecule has 2 aromatic carbocycles. The third-order valence-corrected chi connectivity index (χ3v) is 3.11. The zero-order valence-electron chi connectivity index (χ0n) is 9.38. The summed E-state index contributed by atoms with van der Waals surface area (Å²) in [5, 5.41) is 2.90. The minimum atomic E-state index is -4.33. The summed E-state index contributed by atoms with van der Waals surface area (Å²) in [5.41, 5.74) is 2.03. The molecular formula is C14H10F3N. The van der Waals surface area contributed by atoms with E-state index in [9.17, 15) is 13.2 Å². The number of nitrogens with one attached hydrogen (secondary N) is 1. The molecule has 0 bridgehead atoms. The quantitative estimate of drug-likeness (QED) is 0.624. The largest absolute Gasteiger partial charge is 0.418 e. The van der Waals surface area contributed by atoms with Crippen LogP contribution < -0.4 is 5.32 Å². The van der Waals surface area contributed by atoms with Gasteiger partial charge >= 0.3 is 6.18 Å². The van der Waals surface area contributed by atoms with Gasteiger partial charge in [-0.05, 0) is 23.3 Å². The van der Waals surface area contributed by atoms with E-state index in [1.54, 1.807) is 12.1 Å². The summed E-state index contributed by atoms with van der Waals surface area (Å²) in [7, 11) is 0. The zero-order valence-corrected chi connectivity index (χ0v) is 9.38. The van der Waals surface area contributed by atoms with Crippen molar-refractivity contribution in [1.82, 2.24) is 0 Å². The first kappa shape index (κ1) is 11.1. The third-order valence-electron chi connectivity index (χ3n) is 3.11. The first-order valence-electron chi connectivity index (χ1n) is 5.60.